The summed E-state index contributed by atoms with van der Waals surface area (Å²) in [5, 5.41) is 0. The van der Waals surface area contributed by atoms with E-state index < -0.39 is 0 Å². The lowest BCUT2D eigenvalue weighted by atomic mass is 10.1. The molecule has 2 heteroatoms. The van der Waals surface area contributed by atoms with Crippen LogP contribution < -0.4 is 0 Å². The van der Waals surface area contributed by atoms with E-state index in [0.29, 0.717) is 0 Å². The van der Waals surface area contributed by atoms with Gasteiger partial charge in [0, 0.05) is 0 Å². The first-order valence-corrected chi connectivity index (χ1v) is 6.65. The second-order valence-corrected chi connectivity index (χ2v) is 4.91. The Labute approximate surface area is 125 Å². The molecule has 0 saturated carbocycles. The lowest BCUT2D eigenvalue weighted by molar-refractivity contribution is 1.45. The van der Waals surface area contributed by atoms with Gasteiger partial charge in [-0.15, -0.1) is 0 Å². The molecule has 0 nitrogen and oxygen atoms in total. The highest BCUT2D eigenvalue weighted by molar-refractivity contribution is 6.57. The number of rotatable bonds is 2. The van der Waals surface area contributed by atoms with E-state index in [0.717, 1.165) is 5.56 Å². The highest BCUT2D eigenvalue weighted by Gasteiger charge is 1.87. The minimum Gasteiger partial charge on any atom is -0.0985 e. The van der Waals surface area contributed by atoms with Crippen molar-refractivity contribution in [2.75, 3.05) is 0 Å². The Kier molecular flexibility index (Phi) is 7.02. The molecular weight excluding hydrogens is 275 g/mol. The summed E-state index contributed by atoms with van der Waals surface area (Å²) in [5.74, 6) is 0. The molecule has 0 radical (unpaired) electrons. The highest BCUT2D eigenvalue weighted by Crippen LogP contribution is 2.12. The normalized spacial score (nSPS) is 9.00. The van der Waals surface area contributed by atoms with Gasteiger partial charge in [-0.25, -0.2) is 0 Å². The number of benzene rings is 2. The Morgan fingerprint density at radius 3 is 2.00 bits per heavy atom. The molecule has 0 heterocycles. The molecule has 0 saturated heterocycles. The van der Waals surface area contributed by atoms with Crippen LogP contribution in [0.4, 0.5) is 0 Å². The summed E-state index contributed by atoms with van der Waals surface area (Å²) in [6, 6.07) is 17.9. The molecule has 2 aromatic carbocycles. The molecule has 19 heavy (non-hydrogen) atoms. The van der Waals surface area contributed by atoms with E-state index >= 15 is 0 Å². The fourth-order valence-electron chi connectivity index (χ4n) is 1.49. The van der Waals surface area contributed by atoms with E-state index in [2.05, 4.69) is 25.6 Å². The summed E-state index contributed by atoms with van der Waals surface area (Å²) in [6.07, 6.45) is 3.57. The van der Waals surface area contributed by atoms with Gasteiger partial charge >= 0.3 is 0 Å². The maximum Gasteiger partial charge on any atom is 0.107 e. The van der Waals surface area contributed by atoms with E-state index in [1.54, 1.807) is 6.08 Å². The maximum atomic E-state index is 5.44. The van der Waals surface area contributed by atoms with Crippen molar-refractivity contribution in [2.24, 2.45) is 0 Å². The number of hydrogen-bond acceptors (Lipinski definition) is 0. The summed E-state index contributed by atoms with van der Waals surface area (Å²) in [6.45, 7) is 5.77. The van der Waals surface area contributed by atoms with Crippen molar-refractivity contribution in [3.8, 4) is 0 Å². The molecule has 0 fully saturated rings. The average molecular weight is 291 g/mol. The Morgan fingerprint density at radius 2 is 1.53 bits per heavy atom. The van der Waals surface area contributed by atoms with Crippen LogP contribution in [-0.4, -0.2) is 0 Å². The first kappa shape index (κ1) is 15.6. The van der Waals surface area contributed by atoms with Crippen molar-refractivity contribution >= 4 is 35.4 Å². The molecule has 0 bridgehead atoms. The number of aryl methyl sites for hydroxylation is 1. The molecule has 98 valence electrons. The fourth-order valence-corrected chi connectivity index (χ4v) is 1.74. The van der Waals surface area contributed by atoms with Gasteiger partial charge in [0.15, 0.2) is 0 Å². The van der Waals surface area contributed by atoms with Crippen molar-refractivity contribution in [3.63, 3.8) is 0 Å². The smallest absolute Gasteiger partial charge is 0.0985 e. The fraction of sp³-hybridized carbons (Fsp3) is 0.0588. The minimum atomic E-state index is 0.284. The third kappa shape index (κ3) is 6.28. The predicted molar refractivity (Wildman–Crippen MR) is 87.4 cm³/mol. The van der Waals surface area contributed by atoms with Gasteiger partial charge in [0.1, 0.15) is 4.49 Å². The van der Waals surface area contributed by atoms with Crippen molar-refractivity contribution < 1.29 is 0 Å². The van der Waals surface area contributed by atoms with Crippen LogP contribution in [0.3, 0.4) is 0 Å². The second-order valence-electron chi connectivity index (χ2n) is 3.91. The van der Waals surface area contributed by atoms with Gasteiger partial charge in [0.25, 0.3) is 0 Å². The number of halogens is 2. The molecule has 0 aliphatic heterocycles. The van der Waals surface area contributed by atoms with Crippen LogP contribution in [0.15, 0.2) is 65.7 Å². The molecule has 0 aromatic heterocycles. The topological polar surface area (TPSA) is 0 Å². The summed E-state index contributed by atoms with van der Waals surface area (Å²) < 4.78 is 0.284. The largest absolute Gasteiger partial charge is 0.107 e. The zero-order chi connectivity index (χ0) is 14.1. The zero-order valence-corrected chi connectivity index (χ0v) is 12.3. The summed E-state index contributed by atoms with van der Waals surface area (Å²) in [7, 11) is 0. The van der Waals surface area contributed by atoms with Crippen LogP contribution >= 0.6 is 23.2 Å². The molecule has 0 atom stereocenters. The van der Waals surface area contributed by atoms with E-state index in [9.17, 15) is 0 Å². The Bertz CT molecular complexity index is 538. The molecule has 2 rings (SSSR count). The molecular formula is C17H16Cl2. The van der Waals surface area contributed by atoms with Crippen molar-refractivity contribution in [1.29, 1.82) is 0 Å². The van der Waals surface area contributed by atoms with E-state index in [-0.39, 0.29) is 4.49 Å². The van der Waals surface area contributed by atoms with Gasteiger partial charge in [0.05, 0.1) is 0 Å². The van der Waals surface area contributed by atoms with Crippen LogP contribution in [0.2, 0.25) is 0 Å². The maximum absolute atomic E-state index is 5.44. The second kappa shape index (κ2) is 8.58. The van der Waals surface area contributed by atoms with Gasteiger partial charge in [-0.05, 0) is 29.7 Å². The average Bonchev–Trinajstić information content (AvgIpc) is 2.40. The Morgan fingerprint density at radius 1 is 0.947 bits per heavy atom. The van der Waals surface area contributed by atoms with E-state index in [1.807, 2.05) is 48.5 Å². The highest BCUT2D eigenvalue weighted by atomic mass is 35.5. The molecule has 0 N–H and O–H groups in total. The van der Waals surface area contributed by atoms with Crippen molar-refractivity contribution in [1.82, 2.24) is 0 Å². The van der Waals surface area contributed by atoms with Gasteiger partial charge in [-0.2, -0.15) is 0 Å². The quantitative estimate of drug-likeness (QED) is 0.627. The Hall–Kier alpha value is -1.50. The van der Waals surface area contributed by atoms with E-state index in [4.69, 9.17) is 23.2 Å². The number of hydrogen-bond donors (Lipinski definition) is 0. The predicted octanol–water partition coefficient (Wildman–Crippen LogP) is 6.10. The molecule has 0 unspecified atom stereocenters. The van der Waals surface area contributed by atoms with Crippen LogP contribution in [0.25, 0.3) is 12.2 Å². The first-order chi connectivity index (χ1) is 9.13. The summed E-state index contributed by atoms with van der Waals surface area (Å²) in [5.41, 5.74) is 3.52. The summed E-state index contributed by atoms with van der Waals surface area (Å²) >= 11 is 10.9. The summed E-state index contributed by atoms with van der Waals surface area (Å²) in [4.78, 5) is 0. The van der Waals surface area contributed by atoms with E-state index in [1.165, 1.54) is 11.1 Å². The van der Waals surface area contributed by atoms with Crippen LogP contribution in [0, 0.1) is 6.92 Å². The third-order valence-corrected chi connectivity index (χ3v) is 2.70. The van der Waals surface area contributed by atoms with Crippen LogP contribution in [0.1, 0.15) is 16.7 Å². The minimum absolute atomic E-state index is 0.284. The third-order valence-electron chi connectivity index (χ3n) is 2.48. The van der Waals surface area contributed by atoms with Gasteiger partial charge < -0.3 is 0 Å². The van der Waals surface area contributed by atoms with Gasteiger partial charge in [-0.3, -0.25) is 0 Å². The monoisotopic (exact) mass is 290 g/mol. The standard InChI is InChI=1S/C9H10.C8H6Cl2/c1-3-9-7-5-4-6-8(9)2;9-8(10)6-7-4-2-1-3-5-7/h3-7H,1H2,2H3;1-6H. The van der Waals surface area contributed by atoms with Gasteiger partial charge in [0.2, 0.25) is 0 Å². The van der Waals surface area contributed by atoms with Crippen LogP contribution in [0.5, 0.6) is 0 Å². The lowest BCUT2D eigenvalue weighted by Gasteiger charge is -1.95. The zero-order valence-electron chi connectivity index (χ0n) is 10.8. The van der Waals surface area contributed by atoms with Crippen molar-refractivity contribution in [2.45, 2.75) is 6.92 Å². The lowest BCUT2D eigenvalue weighted by Crippen LogP contribution is -1.75. The molecule has 0 aliphatic carbocycles. The molecule has 0 aliphatic rings. The first-order valence-electron chi connectivity index (χ1n) is 5.89. The Balaban J connectivity index is 0.000000191. The molecule has 2 aromatic rings. The SMILES string of the molecule is C=Cc1ccccc1C.ClC(Cl)=Cc1ccccc1. The van der Waals surface area contributed by atoms with Crippen LogP contribution in [-0.2, 0) is 0 Å². The molecule has 0 amide bonds. The van der Waals surface area contributed by atoms with Gasteiger partial charge in [-0.1, -0.05) is 90.5 Å². The van der Waals surface area contributed by atoms with Crippen molar-refractivity contribution in [3.05, 3.63) is 82.4 Å². The molecule has 0 spiro atoms.